The van der Waals surface area contributed by atoms with Gasteiger partial charge in [0.15, 0.2) is 0 Å². The lowest BCUT2D eigenvalue weighted by Crippen LogP contribution is -2.25. The molecule has 2 rings (SSSR count). The summed E-state index contributed by atoms with van der Waals surface area (Å²) in [6, 6.07) is 14.2. The third-order valence-electron chi connectivity index (χ3n) is 3.81. The van der Waals surface area contributed by atoms with Crippen LogP contribution in [-0.4, -0.2) is 26.6 Å². The maximum Gasteiger partial charge on any atom is 0.294 e. The molecule has 0 aliphatic heterocycles. The highest BCUT2D eigenvalue weighted by atomic mass is 32.2. The summed E-state index contributed by atoms with van der Waals surface area (Å²) in [6.07, 6.45) is 2.01. The fraction of sp³-hybridized carbons (Fsp3) is 0.333. The van der Waals surface area contributed by atoms with E-state index in [1.807, 2.05) is 24.3 Å². The van der Waals surface area contributed by atoms with Crippen molar-refractivity contribution in [2.45, 2.75) is 31.2 Å². The van der Waals surface area contributed by atoms with Gasteiger partial charge in [-0.2, -0.15) is 8.42 Å². The smallest absolute Gasteiger partial charge is 0.294 e. The zero-order chi connectivity index (χ0) is 17.6. The number of unbranched alkanes of at least 4 members (excludes halogenated alkanes) is 1. The Morgan fingerprint density at radius 3 is 2.54 bits per heavy atom. The van der Waals surface area contributed by atoms with Crippen LogP contribution in [0.1, 0.15) is 25.3 Å². The van der Waals surface area contributed by atoms with E-state index in [0.29, 0.717) is 12.1 Å². The van der Waals surface area contributed by atoms with Crippen molar-refractivity contribution in [1.82, 2.24) is 0 Å². The van der Waals surface area contributed by atoms with E-state index in [1.54, 1.807) is 25.3 Å². The van der Waals surface area contributed by atoms with Gasteiger partial charge in [0.2, 0.25) is 0 Å². The average molecular weight is 349 g/mol. The molecule has 0 aromatic heterocycles. The van der Waals surface area contributed by atoms with Gasteiger partial charge in [0.25, 0.3) is 10.1 Å². The standard InChI is InChI=1S/C18H23NO4S/c1-3-4-12-19(16-9-7-10-17(13-16)23-2)14-15-8-5-6-11-18(15)24(20,21)22/h5-11,13H,3-4,12,14H2,1-2H3,(H,20,21,22). The van der Waals surface area contributed by atoms with Crippen LogP contribution in [0.2, 0.25) is 0 Å². The van der Waals surface area contributed by atoms with Crippen LogP contribution in [0.4, 0.5) is 5.69 Å². The Balaban J connectivity index is 2.36. The van der Waals surface area contributed by atoms with E-state index >= 15 is 0 Å². The molecular formula is C18H23NO4S. The van der Waals surface area contributed by atoms with Gasteiger partial charge >= 0.3 is 0 Å². The average Bonchev–Trinajstić information content (AvgIpc) is 2.58. The minimum atomic E-state index is -4.25. The first kappa shape index (κ1) is 18.3. The normalized spacial score (nSPS) is 11.3. The first-order chi connectivity index (χ1) is 11.5. The number of hydrogen-bond acceptors (Lipinski definition) is 4. The summed E-state index contributed by atoms with van der Waals surface area (Å²) >= 11 is 0. The number of rotatable bonds is 8. The number of hydrogen-bond donors (Lipinski definition) is 1. The molecule has 2 aromatic rings. The highest BCUT2D eigenvalue weighted by molar-refractivity contribution is 7.85. The summed E-state index contributed by atoms with van der Waals surface area (Å²) in [6.45, 7) is 3.28. The molecule has 0 radical (unpaired) electrons. The molecule has 6 heteroatoms. The Bertz CT molecular complexity index is 774. The Morgan fingerprint density at radius 1 is 1.12 bits per heavy atom. The molecule has 0 amide bonds. The molecule has 1 N–H and O–H groups in total. The van der Waals surface area contributed by atoms with Crippen LogP contribution in [0.5, 0.6) is 5.75 Å². The highest BCUT2D eigenvalue weighted by Gasteiger charge is 2.17. The minimum absolute atomic E-state index is 0.0469. The number of benzene rings is 2. The molecule has 0 saturated heterocycles. The fourth-order valence-electron chi connectivity index (χ4n) is 2.55. The molecule has 0 bridgehead atoms. The van der Waals surface area contributed by atoms with Crippen LogP contribution in [-0.2, 0) is 16.7 Å². The Hall–Kier alpha value is -2.05. The molecule has 0 heterocycles. The van der Waals surface area contributed by atoms with Crippen molar-refractivity contribution in [2.24, 2.45) is 0 Å². The van der Waals surface area contributed by atoms with Gasteiger partial charge in [-0.15, -0.1) is 0 Å². The van der Waals surface area contributed by atoms with Gasteiger partial charge in [-0.1, -0.05) is 37.6 Å². The fourth-order valence-corrected chi connectivity index (χ4v) is 3.26. The van der Waals surface area contributed by atoms with Crippen molar-refractivity contribution in [3.63, 3.8) is 0 Å². The maximum absolute atomic E-state index is 11.6. The van der Waals surface area contributed by atoms with Gasteiger partial charge < -0.3 is 9.64 Å². The van der Waals surface area contributed by atoms with Crippen LogP contribution in [0.3, 0.4) is 0 Å². The molecule has 24 heavy (non-hydrogen) atoms. The summed E-state index contributed by atoms with van der Waals surface area (Å²) in [4.78, 5) is 2.05. The van der Waals surface area contributed by atoms with E-state index in [4.69, 9.17) is 4.74 Å². The predicted molar refractivity (Wildman–Crippen MR) is 95.2 cm³/mol. The van der Waals surface area contributed by atoms with Crippen molar-refractivity contribution in [3.05, 3.63) is 54.1 Å². The van der Waals surface area contributed by atoms with E-state index in [2.05, 4.69) is 11.8 Å². The predicted octanol–water partition coefficient (Wildman–Crippen LogP) is 3.75. The third-order valence-corrected chi connectivity index (χ3v) is 4.77. The lowest BCUT2D eigenvalue weighted by atomic mass is 10.1. The Kier molecular flexibility index (Phi) is 6.23. The Morgan fingerprint density at radius 2 is 1.88 bits per heavy atom. The van der Waals surface area contributed by atoms with Gasteiger partial charge in [-0.3, -0.25) is 4.55 Å². The van der Waals surface area contributed by atoms with Gasteiger partial charge in [-0.05, 0) is 30.2 Å². The van der Waals surface area contributed by atoms with Crippen LogP contribution in [0.25, 0.3) is 0 Å². The summed E-state index contributed by atoms with van der Waals surface area (Å²) < 4.78 is 37.9. The van der Waals surface area contributed by atoms with Gasteiger partial charge in [0.05, 0.1) is 12.0 Å². The molecule has 130 valence electrons. The number of nitrogens with zero attached hydrogens (tertiary/aromatic N) is 1. The number of anilines is 1. The molecule has 0 unspecified atom stereocenters. The van der Waals surface area contributed by atoms with Crippen molar-refractivity contribution in [3.8, 4) is 5.75 Å². The van der Waals surface area contributed by atoms with Crippen molar-refractivity contribution in [2.75, 3.05) is 18.6 Å². The minimum Gasteiger partial charge on any atom is -0.497 e. The van der Waals surface area contributed by atoms with Crippen molar-refractivity contribution < 1.29 is 17.7 Å². The van der Waals surface area contributed by atoms with Crippen LogP contribution in [0.15, 0.2) is 53.4 Å². The van der Waals surface area contributed by atoms with Crippen LogP contribution in [0, 0.1) is 0 Å². The molecule has 0 aliphatic rings. The zero-order valence-corrected chi connectivity index (χ0v) is 14.8. The van der Waals surface area contributed by atoms with Crippen LogP contribution >= 0.6 is 0 Å². The van der Waals surface area contributed by atoms with Gasteiger partial charge in [-0.25, -0.2) is 0 Å². The van der Waals surface area contributed by atoms with E-state index in [-0.39, 0.29) is 4.90 Å². The number of methoxy groups -OCH3 is 1. The first-order valence-corrected chi connectivity index (χ1v) is 9.34. The molecule has 2 aromatic carbocycles. The molecule has 0 spiro atoms. The lowest BCUT2D eigenvalue weighted by molar-refractivity contribution is 0.414. The second-order valence-corrected chi connectivity index (χ2v) is 6.95. The molecular weight excluding hydrogens is 326 g/mol. The summed E-state index contributed by atoms with van der Waals surface area (Å²) in [5.41, 5.74) is 1.52. The lowest BCUT2D eigenvalue weighted by Gasteiger charge is -2.26. The SMILES string of the molecule is CCCCN(Cc1ccccc1S(=O)(=O)O)c1cccc(OC)c1. The second-order valence-electron chi connectivity index (χ2n) is 5.56. The molecule has 5 nitrogen and oxygen atoms in total. The zero-order valence-electron chi connectivity index (χ0n) is 14.0. The van der Waals surface area contributed by atoms with E-state index in [0.717, 1.165) is 30.8 Å². The Labute approximate surface area is 143 Å². The van der Waals surface area contributed by atoms with E-state index in [1.165, 1.54) is 6.07 Å². The summed E-state index contributed by atoms with van der Waals surface area (Å²) in [5, 5.41) is 0. The van der Waals surface area contributed by atoms with Gasteiger partial charge in [0, 0.05) is 24.8 Å². The summed E-state index contributed by atoms with van der Waals surface area (Å²) in [5.74, 6) is 0.747. The maximum atomic E-state index is 11.6. The summed E-state index contributed by atoms with van der Waals surface area (Å²) in [7, 11) is -2.63. The van der Waals surface area contributed by atoms with Gasteiger partial charge in [0.1, 0.15) is 5.75 Å². The monoisotopic (exact) mass is 349 g/mol. The quantitative estimate of drug-likeness (QED) is 0.735. The van der Waals surface area contributed by atoms with E-state index in [9.17, 15) is 13.0 Å². The molecule has 0 aliphatic carbocycles. The molecule has 0 atom stereocenters. The molecule has 0 saturated carbocycles. The third kappa shape index (κ3) is 4.72. The van der Waals surface area contributed by atoms with E-state index < -0.39 is 10.1 Å². The first-order valence-electron chi connectivity index (χ1n) is 7.90. The van der Waals surface area contributed by atoms with Crippen molar-refractivity contribution in [1.29, 1.82) is 0 Å². The number of ether oxygens (including phenoxy) is 1. The largest absolute Gasteiger partial charge is 0.497 e. The molecule has 0 fully saturated rings. The van der Waals surface area contributed by atoms with Crippen LogP contribution < -0.4 is 9.64 Å². The second kappa shape index (κ2) is 8.17. The topological polar surface area (TPSA) is 66.8 Å². The van der Waals surface area contributed by atoms with Crippen molar-refractivity contribution >= 4 is 15.8 Å². The highest BCUT2D eigenvalue weighted by Crippen LogP contribution is 2.25.